The van der Waals surface area contributed by atoms with E-state index in [-0.39, 0.29) is 6.54 Å². The highest BCUT2D eigenvalue weighted by atomic mass is 19.4. The number of carboxylic acid groups (broad SMARTS) is 1. The average Bonchev–Trinajstić information content (AvgIpc) is 2.95. The van der Waals surface area contributed by atoms with Crippen LogP contribution in [0.2, 0.25) is 0 Å². The average molecular weight is 286 g/mol. The van der Waals surface area contributed by atoms with E-state index in [1.165, 1.54) is 11.0 Å². The van der Waals surface area contributed by atoms with Gasteiger partial charge >= 0.3 is 12.3 Å². The van der Waals surface area contributed by atoms with Gasteiger partial charge in [0.2, 0.25) is 0 Å². The number of amides is 1. The zero-order chi connectivity index (χ0) is 14.5. The highest BCUT2D eigenvalue weighted by Gasteiger charge is 2.46. The van der Waals surface area contributed by atoms with Gasteiger partial charge in [0.1, 0.15) is 0 Å². The number of fused-ring (bicyclic) bond motifs is 2. The van der Waals surface area contributed by atoms with Gasteiger partial charge in [-0.2, -0.15) is 13.2 Å². The number of hydrogen-bond donors (Lipinski definition) is 2. The van der Waals surface area contributed by atoms with Crippen LogP contribution in [0.25, 0.3) is 0 Å². The van der Waals surface area contributed by atoms with E-state index < -0.39 is 23.2 Å². The first kappa shape index (κ1) is 13.1. The number of likely N-dealkylation sites (tertiary alicyclic amines) is 1. The predicted octanol–water partition coefficient (Wildman–Crippen LogP) is 2.75. The molecule has 3 rings (SSSR count). The van der Waals surface area contributed by atoms with Crippen LogP contribution in [0.15, 0.2) is 18.2 Å². The minimum absolute atomic E-state index is 0.240. The molecule has 2 aliphatic heterocycles. The third-order valence-corrected chi connectivity index (χ3v) is 4.16. The van der Waals surface area contributed by atoms with Crippen molar-refractivity contribution in [3.05, 3.63) is 29.3 Å². The number of hydrogen-bond acceptors (Lipinski definition) is 2. The number of nitrogens with zero attached hydrogens (tertiary/aromatic N) is 1. The van der Waals surface area contributed by atoms with Crippen LogP contribution in [0.1, 0.15) is 17.5 Å². The molecular weight excluding hydrogens is 273 g/mol. The molecule has 1 aromatic carbocycles. The highest BCUT2D eigenvalue weighted by molar-refractivity contribution is 5.68. The van der Waals surface area contributed by atoms with Gasteiger partial charge in [0.25, 0.3) is 0 Å². The van der Waals surface area contributed by atoms with E-state index in [1.54, 1.807) is 0 Å². The number of halogens is 3. The maximum atomic E-state index is 12.8. The SMILES string of the molecule is O=C(O)N1CC[C@]2(CNc3ccc(C(F)(F)F)cc32)C1. The third kappa shape index (κ3) is 1.88. The lowest BCUT2D eigenvalue weighted by Crippen LogP contribution is -2.35. The molecule has 7 heteroatoms. The maximum Gasteiger partial charge on any atom is 0.416 e. The summed E-state index contributed by atoms with van der Waals surface area (Å²) in [5.74, 6) is 0. The molecule has 1 amide bonds. The van der Waals surface area contributed by atoms with Crippen molar-refractivity contribution in [3.8, 4) is 0 Å². The van der Waals surface area contributed by atoms with Gasteiger partial charge in [-0.1, -0.05) is 0 Å². The molecule has 108 valence electrons. The monoisotopic (exact) mass is 286 g/mol. The summed E-state index contributed by atoms with van der Waals surface area (Å²) < 4.78 is 38.4. The zero-order valence-corrected chi connectivity index (χ0v) is 10.5. The Hall–Kier alpha value is -1.92. The van der Waals surface area contributed by atoms with Crippen molar-refractivity contribution in [2.24, 2.45) is 0 Å². The summed E-state index contributed by atoms with van der Waals surface area (Å²) in [6.07, 6.45) is -4.87. The summed E-state index contributed by atoms with van der Waals surface area (Å²) >= 11 is 0. The lowest BCUT2D eigenvalue weighted by Gasteiger charge is -2.23. The van der Waals surface area contributed by atoms with Gasteiger partial charge in [-0.05, 0) is 30.2 Å². The normalized spacial score (nSPS) is 24.9. The first-order chi connectivity index (χ1) is 9.32. The zero-order valence-electron chi connectivity index (χ0n) is 10.5. The molecule has 1 fully saturated rings. The van der Waals surface area contributed by atoms with Gasteiger partial charge in [0.15, 0.2) is 0 Å². The number of anilines is 1. The molecule has 0 saturated carbocycles. The molecule has 0 radical (unpaired) electrons. The molecule has 0 bridgehead atoms. The molecule has 2 N–H and O–H groups in total. The van der Waals surface area contributed by atoms with Gasteiger partial charge in [0, 0.05) is 30.7 Å². The van der Waals surface area contributed by atoms with Crippen molar-refractivity contribution < 1.29 is 23.1 Å². The van der Waals surface area contributed by atoms with E-state index in [1.807, 2.05) is 0 Å². The molecule has 0 aliphatic carbocycles. The second-order valence-corrected chi connectivity index (χ2v) is 5.35. The Labute approximate surface area is 113 Å². The number of nitrogens with one attached hydrogen (secondary N) is 1. The van der Waals surface area contributed by atoms with Crippen LogP contribution in [-0.4, -0.2) is 35.7 Å². The Morgan fingerprint density at radius 1 is 1.40 bits per heavy atom. The molecule has 1 saturated heterocycles. The molecule has 20 heavy (non-hydrogen) atoms. The minimum Gasteiger partial charge on any atom is -0.465 e. The number of alkyl halides is 3. The molecule has 0 aromatic heterocycles. The summed E-state index contributed by atoms with van der Waals surface area (Å²) in [5.41, 5.74) is 0.0315. The van der Waals surface area contributed by atoms with Crippen LogP contribution < -0.4 is 5.32 Å². The molecular formula is C13H13F3N2O2. The third-order valence-electron chi connectivity index (χ3n) is 4.16. The fraction of sp³-hybridized carbons (Fsp3) is 0.462. The van der Waals surface area contributed by atoms with Crippen LogP contribution in [0.3, 0.4) is 0 Å². The predicted molar refractivity (Wildman–Crippen MR) is 65.8 cm³/mol. The summed E-state index contributed by atoms with van der Waals surface area (Å²) in [4.78, 5) is 12.3. The summed E-state index contributed by atoms with van der Waals surface area (Å²) in [7, 11) is 0. The summed E-state index contributed by atoms with van der Waals surface area (Å²) in [5, 5.41) is 12.1. The van der Waals surface area contributed by atoms with Crippen molar-refractivity contribution in [2.75, 3.05) is 25.0 Å². The van der Waals surface area contributed by atoms with Crippen LogP contribution in [0.4, 0.5) is 23.7 Å². The molecule has 2 heterocycles. The Morgan fingerprint density at radius 3 is 2.75 bits per heavy atom. The first-order valence-electron chi connectivity index (χ1n) is 6.25. The summed E-state index contributed by atoms with van der Waals surface area (Å²) in [6, 6.07) is 3.63. The van der Waals surface area contributed by atoms with E-state index in [0.717, 1.165) is 12.1 Å². The Balaban J connectivity index is 1.99. The standard InChI is InChI=1S/C13H13F3N2O2/c14-13(15,16)8-1-2-10-9(5-8)12(6-17-10)3-4-18(7-12)11(19)20/h1-2,5,17H,3-4,6-7H2,(H,19,20)/t12-/m0/s1. The Kier molecular flexibility index (Phi) is 2.64. The molecule has 2 aliphatic rings. The molecule has 4 nitrogen and oxygen atoms in total. The second kappa shape index (κ2) is 4.04. The summed E-state index contributed by atoms with van der Waals surface area (Å²) in [6.45, 7) is 1.07. The number of carbonyl (C=O) groups is 1. The lowest BCUT2D eigenvalue weighted by molar-refractivity contribution is -0.137. The maximum absolute atomic E-state index is 12.8. The van der Waals surface area contributed by atoms with Crippen LogP contribution in [-0.2, 0) is 11.6 Å². The topological polar surface area (TPSA) is 52.6 Å². The van der Waals surface area contributed by atoms with Crippen molar-refractivity contribution in [2.45, 2.75) is 18.0 Å². The highest BCUT2D eigenvalue weighted by Crippen LogP contribution is 2.45. The van der Waals surface area contributed by atoms with Gasteiger partial charge in [-0.15, -0.1) is 0 Å². The van der Waals surface area contributed by atoms with E-state index in [9.17, 15) is 18.0 Å². The Bertz CT molecular complexity index is 573. The van der Waals surface area contributed by atoms with Gasteiger partial charge < -0.3 is 15.3 Å². The van der Waals surface area contributed by atoms with Gasteiger partial charge in [-0.25, -0.2) is 4.79 Å². The van der Waals surface area contributed by atoms with Gasteiger partial charge in [-0.3, -0.25) is 0 Å². The van der Waals surface area contributed by atoms with Crippen molar-refractivity contribution in [3.63, 3.8) is 0 Å². The van der Waals surface area contributed by atoms with Crippen LogP contribution in [0, 0.1) is 0 Å². The fourth-order valence-electron chi connectivity index (χ4n) is 3.07. The first-order valence-corrected chi connectivity index (χ1v) is 6.25. The van der Waals surface area contributed by atoms with E-state index in [4.69, 9.17) is 5.11 Å². The van der Waals surface area contributed by atoms with Crippen LogP contribution >= 0.6 is 0 Å². The second-order valence-electron chi connectivity index (χ2n) is 5.35. The quantitative estimate of drug-likeness (QED) is 0.771. The van der Waals surface area contributed by atoms with Crippen molar-refractivity contribution >= 4 is 11.8 Å². The molecule has 1 spiro atoms. The van der Waals surface area contributed by atoms with Crippen molar-refractivity contribution in [1.29, 1.82) is 0 Å². The number of benzene rings is 1. The van der Waals surface area contributed by atoms with Crippen LogP contribution in [0.5, 0.6) is 0 Å². The van der Waals surface area contributed by atoms with E-state index >= 15 is 0 Å². The van der Waals surface area contributed by atoms with Gasteiger partial charge in [0.05, 0.1) is 5.56 Å². The fourth-order valence-corrected chi connectivity index (χ4v) is 3.07. The number of rotatable bonds is 0. The largest absolute Gasteiger partial charge is 0.465 e. The Morgan fingerprint density at radius 2 is 2.15 bits per heavy atom. The molecule has 0 unspecified atom stereocenters. The minimum atomic E-state index is -4.39. The lowest BCUT2D eigenvalue weighted by atomic mass is 9.81. The molecule has 1 atom stereocenters. The molecule has 1 aromatic rings. The van der Waals surface area contributed by atoms with E-state index in [0.29, 0.717) is 30.8 Å². The van der Waals surface area contributed by atoms with E-state index in [2.05, 4.69) is 5.32 Å². The smallest absolute Gasteiger partial charge is 0.416 e. The van der Waals surface area contributed by atoms with Crippen molar-refractivity contribution in [1.82, 2.24) is 4.90 Å².